The van der Waals surface area contributed by atoms with Crippen molar-refractivity contribution in [3.05, 3.63) is 6.33 Å². The molecule has 4 nitrogen and oxygen atoms in total. The van der Waals surface area contributed by atoms with E-state index in [1.807, 2.05) is 0 Å². The number of aliphatic hydroxyl groups excluding tert-OH is 1. The molecule has 0 aliphatic carbocycles. The Morgan fingerprint density at radius 2 is 2.42 bits per heavy atom. The number of hydrogen-bond donors (Lipinski definition) is 2. The fourth-order valence-corrected chi connectivity index (χ4v) is 1.31. The van der Waals surface area contributed by atoms with E-state index in [-0.39, 0.29) is 12.6 Å². The highest BCUT2D eigenvalue weighted by molar-refractivity contribution is 7.09. The van der Waals surface area contributed by atoms with Crippen molar-refractivity contribution in [1.29, 1.82) is 0 Å². The van der Waals surface area contributed by atoms with E-state index in [0.717, 1.165) is 5.13 Å². The molecule has 1 aromatic heterocycles. The van der Waals surface area contributed by atoms with Crippen LogP contribution in [0, 0.1) is 5.92 Å². The molecule has 0 aliphatic heterocycles. The maximum atomic E-state index is 8.99. The van der Waals surface area contributed by atoms with Crippen LogP contribution in [0.4, 0.5) is 5.13 Å². The van der Waals surface area contributed by atoms with E-state index in [1.165, 1.54) is 17.9 Å². The van der Waals surface area contributed by atoms with Crippen LogP contribution >= 0.6 is 11.5 Å². The van der Waals surface area contributed by atoms with E-state index in [0.29, 0.717) is 5.92 Å². The summed E-state index contributed by atoms with van der Waals surface area (Å²) in [5.74, 6) is 0.388. The van der Waals surface area contributed by atoms with E-state index in [9.17, 15) is 0 Å². The number of nitrogens with one attached hydrogen (secondary N) is 1. The third-order valence-corrected chi connectivity index (χ3v) is 2.27. The van der Waals surface area contributed by atoms with Gasteiger partial charge in [-0.2, -0.15) is 4.37 Å². The monoisotopic (exact) mass is 187 g/mol. The zero-order valence-electron chi connectivity index (χ0n) is 7.19. The topological polar surface area (TPSA) is 58.0 Å². The lowest BCUT2D eigenvalue weighted by atomic mass is 10.1. The Morgan fingerprint density at radius 3 is 2.83 bits per heavy atom. The van der Waals surface area contributed by atoms with E-state index in [4.69, 9.17) is 5.11 Å². The van der Waals surface area contributed by atoms with Gasteiger partial charge in [0.15, 0.2) is 0 Å². The first-order valence-electron chi connectivity index (χ1n) is 3.88. The summed E-state index contributed by atoms with van der Waals surface area (Å²) in [7, 11) is 0. The highest BCUT2D eigenvalue weighted by Gasteiger charge is 2.12. The van der Waals surface area contributed by atoms with Crippen molar-refractivity contribution in [2.75, 3.05) is 11.9 Å². The van der Waals surface area contributed by atoms with Crippen LogP contribution in [0.5, 0.6) is 0 Å². The maximum Gasteiger partial charge on any atom is 0.202 e. The number of aromatic nitrogens is 2. The molecule has 0 saturated carbocycles. The number of nitrogens with zero attached hydrogens (tertiary/aromatic N) is 2. The van der Waals surface area contributed by atoms with Gasteiger partial charge >= 0.3 is 0 Å². The van der Waals surface area contributed by atoms with Gasteiger partial charge in [0.05, 0.1) is 12.6 Å². The molecular weight excluding hydrogens is 174 g/mol. The van der Waals surface area contributed by atoms with Crippen LogP contribution < -0.4 is 5.32 Å². The van der Waals surface area contributed by atoms with Gasteiger partial charge in [0, 0.05) is 11.5 Å². The van der Waals surface area contributed by atoms with Gasteiger partial charge in [-0.25, -0.2) is 4.98 Å². The van der Waals surface area contributed by atoms with Gasteiger partial charge in [0.25, 0.3) is 0 Å². The Labute approximate surface area is 75.8 Å². The second-order valence-corrected chi connectivity index (χ2v) is 3.70. The van der Waals surface area contributed by atoms with Gasteiger partial charge in [0.2, 0.25) is 5.13 Å². The van der Waals surface area contributed by atoms with E-state index < -0.39 is 0 Å². The molecule has 0 amide bonds. The number of anilines is 1. The molecule has 1 aromatic rings. The first kappa shape index (κ1) is 9.41. The molecule has 68 valence electrons. The summed E-state index contributed by atoms with van der Waals surface area (Å²) in [6, 6.07) is 0.0675. The molecule has 0 radical (unpaired) electrons. The molecule has 0 fully saturated rings. The Bertz CT molecular complexity index is 212. The SMILES string of the molecule is CC(C)[C@@H](CO)Nc1ncns1. The van der Waals surface area contributed by atoms with E-state index in [2.05, 4.69) is 28.5 Å². The minimum Gasteiger partial charge on any atom is -0.394 e. The molecule has 0 saturated heterocycles. The van der Waals surface area contributed by atoms with Gasteiger partial charge in [-0.3, -0.25) is 0 Å². The van der Waals surface area contributed by atoms with Crippen molar-refractivity contribution in [2.45, 2.75) is 19.9 Å². The third-order valence-electron chi connectivity index (χ3n) is 1.67. The quantitative estimate of drug-likeness (QED) is 0.737. The number of aliphatic hydroxyl groups is 1. The molecule has 0 aromatic carbocycles. The Hall–Kier alpha value is -0.680. The van der Waals surface area contributed by atoms with Crippen molar-refractivity contribution in [1.82, 2.24) is 9.36 Å². The average Bonchev–Trinajstić information content (AvgIpc) is 2.51. The zero-order valence-corrected chi connectivity index (χ0v) is 8.01. The van der Waals surface area contributed by atoms with Crippen molar-refractivity contribution in [2.24, 2.45) is 5.92 Å². The minimum atomic E-state index is 0.0675. The lowest BCUT2D eigenvalue weighted by Crippen LogP contribution is -2.29. The lowest BCUT2D eigenvalue weighted by molar-refractivity contribution is 0.249. The van der Waals surface area contributed by atoms with Gasteiger partial charge in [-0.05, 0) is 5.92 Å². The molecule has 0 unspecified atom stereocenters. The van der Waals surface area contributed by atoms with Gasteiger partial charge in [0.1, 0.15) is 6.33 Å². The predicted octanol–water partition coefficient (Wildman–Crippen LogP) is 0.967. The van der Waals surface area contributed by atoms with Crippen LogP contribution in [0.3, 0.4) is 0 Å². The van der Waals surface area contributed by atoms with Crippen molar-refractivity contribution in [3.63, 3.8) is 0 Å². The smallest absolute Gasteiger partial charge is 0.202 e. The van der Waals surface area contributed by atoms with Crippen LogP contribution in [0.1, 0.15) is 13.8 Å². The molecule has 1 heterocycles. The van der Waals surface area contributed by atoms with Crippen LogP contribution in [0.15, 0.2) is 6.33 Å². The maximum absolute atomic E-state index is 8.99. The predicted molar refractivity (Wildman–Crippen MR) is 49.2 cm³/mol. The molecule has 0 bridgehead atoms. The van der Waals surface area contributed by atoms with E-state index in [1.54, 1.807) is 0 Å². The highest BCUT2D eigenvalue weighted by Crippen LogP contribution is 2.12. The third kappa shape index (κ3) is 2.42. The van der Waals surface area contributed by atoms with Gasteiger partial charge in [-0.15, -0.1) is 0 Å². The summed E-state index contributed by atoms with van der Waals surface area (Å²) in [4.78, 5) is 3.97. The number of hydrogen-bond acceptors (Lipinski definition) is 5. The fourth-order valence-electron chi connectivity index (χ4n) is 0.818. The summed E-state index contributed by atoms with van der Waals surface area (Å²) in [5.41, 5.74) is 0. The summed E-state index contributed by atoms with van der Waals surface area (Å²) in [6.07, 6.45) is 1.50. The minimum absolute atomic E-state index is 0.0675. The van der Waals surface area contributed by atoms with Gasteiger partial charge < -0.3 is 10.4 Å². The molecular formula is C7H13N3OS. The summed E-state index contributed by atoms with van der Waals surface area (Å²) in [5, 5.41) is 12.9. The Kier molecular flexibility index (Phi) is 3.43. The summed E-state index contributed by atoms with van der Waals surface area (Å²) in [6.45, 7) is 4.22. The van der Waals surface area contributed by atoms with Crippen LogP contribution in [-0.2, 0) is 0 Å². The lowest BCUT2D eigenvalue weighted by Gasteiger charge is -2.18. The zero-order chi connectivity index (χ0) is 8.97. The second-order valence-electron chi connectivity index (χ2n) is 2.92. The van der Waals surface area contributed by atoms with Crippen LogP contribution in [-0.4, -0.2) is 27.1 Å². The standard InChI is InChI=1S/C7H13N3OS/c1-5(2)6(3-11)10-7-8-4-9-12-7/h4-6,11H,3H2,1-2H3,(H,8,9,10)/t6-/m1/s1. The highest BCUT2D eigenvalue weighted by atomic mass is 32.1. The molecule has 0 aliphatic rings. The van der Waals surface area contributed by atoms with Crippen molar-refractivity contribution < 1.29 is 5.11 Å². The first-order valence-corrected chi connectivity index (χ1v) is 4.65. The summed E-state index contributed by atoms with van der Waals surface area (Å²) >= 11 is 1.30. The molecule has 5 heteroatoms. The molecule has 0 spiro atoms. The fraction of sp³-hybridized carbons (Fsp3) is 0.714. The molecule has 2 N–H and O–H groups in total. The second kappa shape index (κ2) is 4.37. The van der Waals surface area contributed by atoms with Crippen LogP contribution in [0.2, 0.25) is 0 Å². The Balaban J connectivity index is 2.48. The van der Waals surface area contributed by atoms with Crippen molar-refractivity contribution in [3.8, 4) is 0 Å². The van der Waals surface area contributed by atoms with Gasteiger partial charge in [-0.1, -0.05) is 13.8 Å². The number of rotatable bonds is 4. The molecule has 1 rings (SSSR count). The van der Waals surface area contributed by atoms with Crippen LogP contribution in [0.25, 0.3) is 0 Å². The van der Waals surface area contributed by atoms with E-state index >= 15 is 0 Å². The molecule has 1 atom stereocenters. The largest absolute Gasteiger partial charge is 0.394 e. The first-order chi connectivity index (χ1) is 5.74. The molecule has 12 heavy (non-hydrogen) atoms. The van der Waals surface area contributed by atoms with Crippen molar-refractivity contribution >= 4 is 16.7 Å². The normalized spacial score (nSPS) is 13.3. The summed E-state index contributed by atoms with van der Waals surface area (Å²) < 4.78 is 3.86. The average molecular weight is 187 g/mol. The Morgan fingerprint density at radius 1 is 1.67 bits per heavy atom.